The minimum Gasteiger partial charge on any atom is -0.375 e. The van der Waals surface area contributed by atoms with E-state index in [1.165, 1.54) is 5.56 Å². The third-order valence-corrected chi connectivity index (χ3v) is 5.63. The number of anilines is 1. The van der Waals surface area contributed by atoms with E-state index in [0.717, 1.165) is 34.6 Å². The largest absolute Gasteiger partial charge is 0.375 e. The third kappa shape index (κ3) is 3.15. The Morgan fingerprint density at radius 1 is 1.00 bits per heavy atom. The average Bonchev–Trinajstić information content (AvgIpc) is 2.77. The Morgan fingerprint density at radius 2 is 1.83 bits per heavy atom. The van der Waals surface area contributed by atoms with Gasteiger partial charge in [-0.25, -0.2) is 5.10 Å². The van der Waals surface area contributed by atoms with E-state index in [1.807, 2.05) is 42.6 Å². The normalized spacial score (nSPS) is 17.8. The van der Waals surface area contributed by atoms with Gasteiger partial charge in [-0.1, -0.05) is 36.4 Å². The summed E-state index contributed by atoms with van der Waals surface area (Å²) in [6, 6.07) is 20.2. The molecule has 1 aliphatic rings. The molecule has 2 aromatic carbocycles. The lowest BCUT2D eigenvalue weighted by atomic mass is 9.81. The Labute approximate surface area is 174 Å². The zero-order valence-corrected chi connectivity index (χ0v) is 17.0. The van der Waals surface area contributed by atoms with Crippen LogP contribution >= 0.6 is 0 Å². The second-order valence-electron chi connectivity index (χ2n) is 8.00. The van der Waals surface area contributed by atoms with Crippen LogP contribution in [0.25, 0.3) is 10.8 Å². The van der Waals surface area contributed by atoms with Gasteiger partial charge in [0.15, 0.2) is 0 Å². The highest BCUT2D eigenvalue weighted by Gasteiger charge is 2.35. The molecule has 6 nitrogen and oxygen atoms in total. The Balaban J connectivity index is 1.70. The molecule has 2 N–H and O–H groups in total. The molecule has 0 fully saturated rings. The number of nitrogens with zero attached hydrogens (tertiary/aromatic N) is 3. The Kier molecular flexibility index (Phi) is 4.56. The van der Waals surface area contributed by atoms with Crippen molar-refractivity contribution in [3.63, 3.8) is 0 Å². The highest BCUT2D eigenvalue weighted by atomic mass is 16.1. The van der Waals surface area contributed by atoms with Gasteiger partial charge in [-0.2, -0.15) is 5.10 Å². The fraction of sp³-hybridized carbons (Fsp3) is 0.208. The predicted octanol–water partition coefficient (Wildman–Crippen LogP) is 3.68. The topological polar surface area (TPSA) is 73.9 Å². The molecule has 6 heteroatoms. The molecule has 150 valence electrons. The standard InChI is InChI=1S/C24H23N5O/c1-29(2)14-15-9-11-16(12-10-15)20-22(19-7-3-4-13-25-19)26-18-8-5-6-17-21(18)23(20)27-28-24(17)30/h3-13,20,22,26H,14H2,1-2H3,(H,28,30). The molecule has 0 spiro atoms. The highest BCUT2D eigenvalue weighted by molar-refractivity contribution is 5.97. The molecule has 3 heterocycles. The number of rotatable bonds is 4. The van der Waals surface area contributed by atoms with Crippen molar-refractivity contribution in [2.75, 3.05) is 19.4 Å². The lowest BCUT2D eigenvalue weighted by molar-refractivity contribution is 0.402. The number of aromatic nitrogens is 3. The van der Waals surface area contributed by atoms with Crippen LogP contribution in [-0.4, -0.2) is 34.2 Å². The van der Waals surface area contributed by atoms with Crippen LogP contribution in [0, 0.1) is 0 Å². The number of H-pyrrole nitrogens is 1. The molecule has 2 unspecified atom stereocenters. The zero-order valence-electron chi connectivity index (χ0n) is 17.0. The van der Waals surface area contributed by atoms with Crippen molar-refractivity contribution in [1.82, 2.24) is 20.1 Å². The van der Waals surface area contributed by atoms with Gasteiger partial charge in [0, 0.05) is 23.8 Å². The second kappa shape index (κ2) is 7.39. The number of benzene rings is 2. The number of hydrogen-bond donors (Lipinski definition) is 2. The van der Waals surface area contributed by atoms with Crippen LogP contribution < -0.4 is 10.9 Å². The average molecular weight is 397 g/mol. The van der Waals surface area contributed by atoms with Crippen molar-refractivity contribution in [2.24, 2.45) is 0 Å². The van der Waals surface area contributed by atoms with Gasteiger partial charge in [0.05, 0.1) is 28.7 Å². The summed E-state index contributed by atoms with van der Waals surface area (Å²) >= 11 is 0. The highest BCUT2D eigenvalue weighted by Crippen LogP contribution is 2.45. The summed E-state index contributed by atoms with van der Waals surface area (Å²) in [5.74, 6) is -0.0810. The minimum absolute atomic E-state index is 0.0810. The molecule has 0 bridgehead atoms. The molecular weight excluding hydrogens is 374 g/mol. The van der Waals surface area contributed by atoms with Crippen LogP contribution in [0.1, 0.15) is 34.5 Å². The van der Waals surface area contributed by atoms with Crippen molar-refractivity contribution in [2.45, 2.75) is 18.5 Å². The van der Waals surface area contributed by atoms with E-state index in [9.17, 15) is 4.79 Å². The molecule has 30 heavy (non-hydrogen) atoms. The summed E-state index contributed by atoms with van der Waals surface area (Å²) in [4.78, 5) is 19.2. The maximum Gasteiger partial charge on any atom is 0.272 e. The van der Waals surface area contributed by atoms with Gasteiger partial charge in [-0.15, -0.1) is 0 Å². The van der Waals surface area contributed by atoms with E-state index < -0.39 is 0 Å². The fourth-order valence-electron chi connectivity index (χ4n) is 4.35. The monoisotopic (exact) mass is 397 g/mol. The van der Waals surface area contributed by atoms with Crippen molar-refractivity contribution in [3.05, 3.63) is 99.7 Å². The van der Waals surface area contributed by atoms with Crippen LogP contribution in [-0.2, 0) is 6.54 Å². The molecule has 0 aliphatic carbocycles. The second-order valence-corrected chi connectivity index (χ2v) is 8.00. The first-order chi connectivity index (χ1) is 14.6. The van der Waals surface area contributed by atoms with E-state index in [1.54, 1.807) is 0 Å². The molecular formula is C24H23N5O. The SMILES string of the molecule is CN(C)Cc1ccc(C2c3n[nH]c(=O)c4cccc(c34)NC2c2ccccn2)cc1. The summed E-state index contributed by atoms with van der Waals surface area (Å²) < 4.78 is 0. The molecule has 0 saturated carbocycles. The number of aromatic amines is 1. The molecule has 0 saturated heterocycles. The van der Waals surface area contributed by atoms with Gasteiger partial charge >= 0.3 is 0 Å². The lowest BCUT2D eigenvalue weighted by Crippen LogP contribution is -2.28. The van der Waals surface area contributed by atoms with Crippen LogP contribution in [0.5, 0.6) is 0 Å². The molecule has 1 aliphatic heterocycles. The Morgan fingerprint density at radius 3 is 2.57 bits per heavy atom. The van der Waals surface area contributed by atoms with E-state index in [2.05, 4.69) is 63.8 Å². The van der Waals surface area contributed by atoms with E-state index >= 15 is 0 Å². The van der Waals surface area contributed by atoms with Crippen molar-refractivity contribution in [1.29, 1.82) is 0 Å². The van der Waals surface area contributed by atoms with E-state index in [4.69, 9.17) is 0 Å². The van der Waals surface area contributed by atoms with Gasteiger partial charge < -0.3 is 10.2 Å². The number of pyridine rings is 1. The van der Waals surface area contributed by atoms with Gasteiger partial charge in [0.1, 0.15) is 0 Å². The molecule has 2 aromatic heterocycles. The first-order valence-electron chi connectivity index (χ1n) is 10.0. The maximum atomic E-state index is 12.4. The third-order valence-electron chi connectivity index (χ3n) is 5.63. The Bertz CT molecular complexity index is 1250. The quantitative estimate of drug-likeness (QED) is 0.550. The van der Waals surface area contributed by atoms with Gasteiger partial charge in [0.2, 0.25) is 0 Å². The first kappa shape index (κ1) is 18.5. The molecule has 5 rings (SSSR count). The van der Waals surface area contributed by atoms with Gasteiger partial charge in [0.25, 0.3) is 5.56 Å². The maximum absolute atomic E-state index is 12.4. The van der Waals surface area contributed by atoms with Gasteiger partial charge in [-0.05, 0) is 49.5 Å². The summed E-state index contributed by atoms with van der Waals surface area (Å²) in [6.45, 7) is 0.886. The summed E-state index contributed by atoms with van der Waals surface area (Å²) in [6.07, 6.45) is 1.81. The van der Waals surface area contributed by atoms with Crippen LogP contribution in [0.4, 0.5) is 5.69 Å². The van der Waals surface area contributed by atoms with E-state index in [0.29, 0.717) is 5.39 Å². The Hall–Kier alpha value is -3.51. The summed E-state index contributed by atoms with van der Waals surface area (Å²) in [5, 5.41) is 12.4. The molecule has 0 amide bonds. The molecule has 2 atom stereocenters. The summed E-state index contributed by atoms with van der Waals surface area (Å²) in [7, 11) is 4.13. The molecule has 0 radical (unpaired) electrons. The van der Waals surface area contributed by atoms with Crippen LogP contribution in [0.3, 0.4) is 0 Å². The lowest BCUT2D eigenvalue weighted by Gasteiger charge is -2.34. The summed E-state index contributed by atoms with van der Waals surface area (Å²) in [5.41, 5.74) is 4.94. The van der Waals surface area contributed by atoms with Crippen LogP contribution in [0.15, 0.2) is 71.7 Å². The minimum atomic E-state index is -0.172. The number of nitrogens with one attached hydrogen (secondary N) is 2. The van der Waals surface area contributed by atoms with Crippen LogP contribution in [0.2, 0.25) is 0 Å². The predicted molar refractivity (Wildman–Crippen MR) is 119 cm³/mol. The van der Waals surface area contributed by atoms with E-state index in [-0.39, 0.29) is 17.5 Å². The molecule has 4 aromatic rings. The zero-order chi connectivity index (χ0) is 20.7. The number of hydrogen-bond acceptors (Lipinski definition) is 5. The fourth-order valence-corrected chi connectivity index (χ4v) is 4.35. The van der Waals surface area contributed by atoms with Crippen molar-refractivity contribution in [3.8, 4) is 0 Å². The van der Waals surface area contributed by atoms with Gasteiger partial charge in [-0.3, -0.25) is 9.78 Å². The van der Waals surface area contributed by atoms with Crippen molar-refractivity contribution < 1.29 is 0 Å². The first-order valence-corrected chi connectivity index (χ1v) is 10.0. The smallest absolute Gasteiger partial charge is 0.272 e. The van der Waals surface area contributed by atoms with Crippen molar-refractivity contribution >= 4 is 16.5 Å².